The van der Waals surface area contributed by atoms with Gasteiger partial charge in [-0.2, -0.15) is 0 Å². The molecular weight excluding hydrogens is 262 g/mol. The van der Waals surface area contributed by atoms with Crippen LogP contribution in [0, 0.1) is 0 Å². The Labute approximate surface area is 107 Å². The Balaban J connectivity index is 2.56. The number of allylic oxidation sites excluding steroid dienone is 1. The number of likely N-dealkylation sites (N-methyl/N-ethyl adjacent to an activating group) is 1. The first-order valence-electron chi connectivity index (χ1n) is 5.85. The van der Waals surface area contributed by atoms with E-state index < -0.39 is 0 Å². The number of benzene rings is 1. The molecule has 88 valence electrons. The Morgan fingerprint density at radius 3 is 2.94 bits per heavy atom. The normalized spacial score (nSPS) is 12.4. The Kier molecular flexibility index (Phi) is 6.43. The first-order chi connectivity index (χ1) is 7.76. The van der Waals surface area contributed by atoms with Crippen LogP contribution in [0.1, 0.15) is 25.3 Å². The number of rotatable bonds is 7. The second-order valence-electron chi connectivity index (χ2n) is 3.95. The maximum atomic E-state index is 3.78. The summed E-state index contributed by atoms with van der Waals surface area (Å²) in [6.45, 7) is 6.96. The van der Waals surface area contributed by atoms with Crippen molar-refractivity contribution in [3.05, 3.63) is 47.0 Å². The SMILES string of the molecule is C=CCCC(Cc1cccc(Br)c1)NCC. The lowest BCUT2D eigenvalue weighted by Gasteiger charge is -2.17. The van der Waals surface area contributed by atoms with Gasteiger partial charge in [-0.3, -0.25) is 0 Å². The molecular formula is C14H20BrN. The number of hydrogen-bond acceptors (Lipinski definition) is 1. The minimum absolute atomic E-state index is 0.553. The summed E-state index contributed by atoms with van der Waals surface area (Å²) in [7, 11) is 0. The van der Waals surface area contributed by atoms with Gasteiger partial charge in [0.25, 0.3) is 0 Å². The predicted octanol–water partition coefficient (Wildman–Crippen LogP) is 3.94. The van der Waals surface area contributed by atoms with Crippen molar-refractivity contribution in [1.82, 2.24) is 5.32 Å². The lowest BCUT2D eigenvalue weighted by Crippen LogP contribution is -2.30. The van der Waals surface area contributed by atoms with Gasteiger partial charge in [-0.15, -0.1) is 6.58 Å². The predicted molar refractivity (Wildman–Crippen MR) is 74.7 cm³/mol. The molecule has 0 aliphatic rings. The molecule has 0 amide bonds. The van der Waals surface area contributed by atoms with Crippen molar-refractivity contribution in [2.75, 3.05) is 6.54 Å². The summed E-state index contributed by atoms with van der Waals surface area (Å²) >= 11 is 3.51. The van der Waals surface area contributed by atoms with Crippen LogP contribution in [-0.2, 0) is 6.42 Å². The van der Waals surface area contributed by atoms with E-state index in [1.165, 1.54) is 5.56 Å². The lowest BCUT2D eigenvalue weighted by atomic mass is 10.0. The Hall–Kier alpha value is -0.600. The van der Waals surface area contributed by atoms with Crippen LogP contribution in [0.25, 0.3) is 0 Å². The Morgan fingerprint density at radius 1 is 1.50 bits per heavy atom. The highest BCUT2D eigenvalue weighted by molar-refractivity contribution is 9.10. The highest BCUT2D eigenvalue weighted by atomic mass is 79.9. The van der Waals surface area contributed by atoms with Gasteiger partial charge in [0, 0.05) is 10.5 Å². The monoisotopic (exact) mass is 281 g/mol. The molecule has 0 spiro atoms. The van der Waals surface area contributed by atoms with Crippen molar-refractivity contribution in [3.8, 4) is 0 Å². The molecule has 1 aromatic rings. The van der Waals surface area contributed by atoms with E-state index in [0.717, 1.165) is 30.3 Å². The minimum atomic E-state index is 0.553. The summed E-state index contributed by atoms with van der Waals surface area (Å²) in [6, 6.07) is 9.09. The molecule has 0 aromatic heterocycles. The van der Waals surface area contributed by atoms with Gasteiger partial charge in [0.2, 0.25) is 0 Å². The largest absolute Gasteiger partial charge is 0.314 e. The fourth-order valence-corrected chi connectivity index (χ4v) is 2.28. The van der Waals surface area contributed by atoms with E-state index in [1.54, 1.807) is 0 Å². The van der Waals surface area contributed by atoms with Gasteiger partial charge < -0.3 is 5.32 Å². The highest BCUT2D eigenvalue weighted by Crippen LogP contribution is 2.14. The minimum Gasteiger partial charge on any atom is -0.314 e. The van der Waals surface area contributed by atoms with Crippen LogP contribution in [0.3, 0.4) is 0 Å². The number of halogens is 1. The first kappa shape index (κ1) is 13.5. The van der Waals surface area contributed by atoms with Crippen LogP contribution < -0.4 is 5.32 Å². The summed E-state index contributed by atoms with van der Waals surface area (Å²) < 4.78 is 1.16. The van der Waals surface area contributed by atoms with E-state index >= 15 is 0 Å². The molecule has 1 N–H and O–H groups in total. The summed E-state index contributed by atoms with van der Waals surface area (Å²) in [6.07, 6.45) is 5.31. The molecule has 0 saturated heterocycles. The van der Waals surface area contributed by atoms with Gasteiger partial charge in [-0.05, 0) is 43.5 Å². The standard InChI is InChI=1S/C14H20BrN/c1-3-5-9-14(16-4-2)11-12-7-6-8-13(15)10-12/h3,6-8,10,14,16H,1,4-5,9,11H2,2H3. The molecule has 2 heteroatoms. The van der Waals surface area contributed by atoms with E-state index in [2.05, 4.69) is 59.0 Å². The zero-order chi connectivity index (χ0) is 11.8. The van der Waals surface area contributed by atoms with E-state index in [4.69, 9.17) is 0 Å². The van der Waals surface area contributed by atoms with Gasteiger partial charge in [0.15, 0.2) is 0 Å². The maximum Gasteiger partial charge on any atom is 0.0178 e. The van der Waals surface area contributed by atoms with Crippen LogP contribution in [0.15, 0.2) is 41.4 Å². The molecule has 0 aliphatic carbocycles. The molecule has 1 atom stereocenters. The summed E-state index contributed by atoms with van der Waals surface area (Å²) in [5, 5.41) is 3.52. The first-order valence-corrected chi connectivity index (χ1v) is 6.64. The zero-order valence-corrected chi connectivity index (χ0v) is 11.5. The highest BCUT2D eigenvalue weighted by Gasteiger charge is 2.07. The summed E-state index contributed by atoms with van der Waals surface area (Å²) in [5.41, 5.74) is 1.38. The Bertz CT molecular complexity index is 322. The second kappa shape index (κ2) is 7.64. The van der Waals surface area contributed by atoms with Crippen LogP contribution in [0.2, 0.25) is 0 Å². The van der Waals surface area contributed by atoms with E-state index in [9.17, 15) is 0 Å². The van der Waals surface area contributed by atoms with Crippen LogP contribution in [-0.4, -0.2) is 12.6 Å². The molecule has 0 heterocycles. The van der Waals surface area contributed by atoms with Crippen molar-refractivity contribution in [3.63, 3.8) is 0 Å². The second-order valence-corrected chi connectivity index (χ2v) is 4.87. The van der Waals surface area contributed by atoms with Crippen molar-refractivity contribution in [2.45, 2.75) is 32.2 Å². The third kappa shape index (κ3) is 4.95. The number of nitrogens with one attached hydrogen (secondary N) is 1. The third-order valence-corrected chi connectivity index (χ3v) is 3.08. The molecule has 0 fully saturated rings. The van der Waals surface area contributed by atoms with Crippen molar-refractivity contribution >= 4 is 15.9 Å². The quantitative estimate of drug-likeness (QED) is 0.747. The Morgan fingerprint density at radius 2 is 2.31 bits per heavy atom. The molecule has 1 unspecified atom stereocenters. The van der Waals surface area contributed by atoms with Gasteiger partial charge in [0.05, 0.1) is 0 Å². The molecule has 0 bridgehead atoms. The maximum absolute atomic E-state index is 3.78. The molecule has 0 aliphatic heterocycles. The molecule has 0 radical (unpaired) electrons. The van der Waals surface area contributed by atoms with Crippen LogP contribution in [0.5, 0.6) is 0 Å². The van der Waals surface area contributed by atoms with Gasteiger partial charge >= 0.3 is 0 Å². The summed E-state index contributed by atoms with van der Waals surface area (Å²) in [4.78, 5) is 0. The van der Waals surface area contributed by atoms with Gasteiger partial charge in [-0.25, -0.2) is 0 Å². The zero-order valence-electron chi connectivity index (χ0n) is 9.88. The molecule has 16 heavy (non-hydrogen) atoms. The van der Waals surface area contributed by atoms with Gasteiger partial charge in [0.1, 0.15) is 0 Å². The topological polar surface area (TPSA) is 12.0 Å². The fourth-order valence-electron chi connectivity index (χ4n) is 1.83. The van der Waals surface area contributed by atoms with Crippen LogP contribution >= 0.6 is 15.9 Å². The molecule has 1 rings (SSSR count). The fraction of sp³-hybridized carbons (Fsp3) is 0.429. The molecule has 1 nitrogen and oxygen atoms in total. The van der Waals surface area contributed by atoms with Crippen molar-refractivity contribution in [1.29, 1.82) is 0 Å². The van der Waals surface area contributed by atoms with E-state index in [0.29, 0.717) is 6.04 Å². The van der Waals surface area contributed by atoms with Crippen molar-refractivity contribution in [2.24, 2.45) is 0 Å². The van der Waals surface area contributed by atoms with Crippen molar-refractivity contribution < 1.29 is 0 Å². The lowest BCUT2D eigenvalue weighted by molar-refractivity contribution is 0.495. The van der Waals surface area contributed by atoms with E-state index in [-0.39, 0.29) is 0 Å². The van der Waals surface area contributed by atoms with Crippen LogP contribution in [0.4, 0.5) is 0 Å². The third-order valence-electron chi connectivity index (χ3n) is 2.58. The van der Waals surface area contributed by atoms with Gasteiger partial charge in [-0.1, -0.05) is 41.1 Å². The molecule has 0 saturated carbocycles. The summed E-state index contributed by atoms with van der Waals surface area (Å²) in [5.74, 6) is 0. The molecule has 1 aromatic carbocycles. The smallest absolute Gasteiger partial charge is 0.0178 e. The average Bonchev–Trinajstić information content (AvgIpc) is 2.26. The number of hydrogen-bond donors (Lipinski definition) is 1. The van der Waals surface area contributed by atoms with E-state index in [1.807, 2.05) is 6.08 Å². The average molecular weight is 282 g/mol.